The smallest absolute Gasteiger partial charge is 0.259 e. The number of nitrogens with two attached hydrogens (primary N) is 1. The lowest BCUT2D eigenvalue weighted by Gasteiger charge is -2.34. The van der Waals surface area contributed by atoms with Gasteiger partial charge in [-0.15, -0.1) is 0 Å². The first kappa shape index (κ1) is 21.3. The number of rotatable bonds is 4. The molecule has 1 saturated heterocycles. The Labute approximate surface area is 190 Å². The van der Waals surface area contributed by atoms with Gasteiger partial charge in [0.15, 0.2) is 12.2 Å². The largest absolute Gasteiger partial charge is 0.383 e. The highest BCUT2D eigenvalue weighted by Gasteiger charge is 2.39. The molecule has 0 unspecified atom stereocenters. The molecule has 2 aromatic rings. The fraction of sp³-hybridized carbons (Fsp3) is 0.333. The molecule has 2 amide bonds. The van der Waals surface area contributed by atoms with Crippen LogP contribution in [0.2, 0.25) is 0 Å². The number of nitrogens with zero attached hydrogens (tertiary/aromatic N) is 2. The fourth-order valence-electron chi connectivity index (χ4n) is 4.51. The minimum absolute atomic E-state index is 0.173. The van der Waals surface area contributed by atoms with Crippen molar-refractivity contribution < 1.29 is 24.2 Å². The van der Waals surface area contributed by atoms with Gasteiger partial charge in [0.05, 0.1) is 13.2 Å². The number of amidine groups is 1. The van der Waals surface area contributed by atoms with E-state index in [0.29, 0.717) is 49.6 Å². The summed E-state index contributed by atoms with van der Waals surface area (Å²) in [6.07, 6.45) is -1.42. The number of amides is 2. The minimum atomic E-state index is -1.69. The topological polar surface area (TPSA) is 134 Å². The van der Waals surface area contributed by atoms with Crippen molar-refractivity contribution in [1.82, 2.24) is 0 Å². The van der Waals surface area contributed by atoms with Gasteiger partial charge in [0.1, 0.15) is 11.6 Å². The van der Waals surface area contributed by atoms with Crippen LogP contribution in [0, 0.1) is 0 Å². The maximum Gasteiger partial charge on any atom is 0.259 e. The van der Waals surface area contributed by atoms with Gasteiger partial charge in [0.2, 0.25) is 0 Å². The lowest BCUT2D eigenvalue weighted by atomic mass is 9.90. The fourth-order valence-corrected chi connectivity index (χ4v) is 4.51. The molecule has 4 N–H and O–H groups in total. The molecule has 2 atom stereocenters. The number of aliphatic imine (C=N–C) groups is 1. The molecule has 0 aromatic heterocycles. The van der Waals surface area contributed by atoms with Crippen LogP contribution in [0.15, 0.2) is 41.4 Å². The van der Waals surface area contributed by atoms with Gasteiger partial charge >= 0.3 is 0 Å². The molecule has 2 heterocycles. The number of carbonyl (C=O) groups is 3. The monoisotopic (exact) mass is 448 g/mol. The molecule has 0 radical (unpaired) electrons. The third-order valence-corrected chi connectivity index (χ3v) is 6.31. The summed E-state index contributed by atoms with van der Waals surface area (Å²) in [4.78, 5) is 43.3. The molecule has 5 rings (SSSR count). The molecule has 2 aromatic carbocycles. The Morgan fingerprint density at radius 1 is 1.15 bits per heavy atom. The van der Waals surface area contributed by atoms with Crippen LogP contribution in [0.4, 0.5) is 11.4 Å². The molecular weight excluding hydrogens is 424 g/mol. The third-order valence-electron chi connectivity index (χ3n) is 6.31. The van der Waals surface area contributed by atoms with Crippen molar-refractivity contribution in [3.8, 4) is 0 Å². The van der Waals surface area contributed by atoms with Crippen LogP contribution in [0.25, 0.3) is 0 Å². The number of aliphatic hydroxyl groups is 1. The molecule has 1 fully saturated rings. The normalized spacial score (nSPS) is 20.7. The number of aryl methyl sites for hydroxylation is 1. The van der Waals surface area contributed by atoms with E-state index in [1.807, 2.05) is 18.2 Å². The Kier molecular flexibility index (Phi) is 5.43. The molecule has 0 spiro atoms. The van der Waals surface area contributed by atoms with Crippen molar-refractivity contribution in [3.05, 3.63) is 58.7 Å². The highest BCUT2D eigenvalue weighted by atomic mass is 16.5. The number of morpholine rings is 1. The number of fused-ring (bicyclic) bond motifs is 2. The molecule has 0 saturated carbocycles. The molecule has 9 nitrogen and oxygen atoms in total. The summed E-state index contributed by atoms with van der Waals surface area (Å²) < 4.78 is 5.49. The van der Waals surface area contributed by atoms with E-state index in [9.17, 15) is 19.5 Å². The lowest BCUT2D eigenvalue weighted by Crippen LogP contribution is -2.55. The number of ether oxygens (including phenoxy) is 1. The van der Waals surface area contributed by atoms with Crippen LogP contribution in [0.3, 0.4) is 0 Å². The van der Waals surface area contributed by atoms with Gasteiger partial charge in [-0.25, -0.2) is 0 Å². The zero-order chi connectivity index (χ0) is 23.1. The number of hydrogen-bond donors (Lipinski definition) is 3. The molecule has 2 aliphatic heterocycles. The number of nitrogens with one attached hydrogen (secondary N) is 1. The predicted molar refractivity (Wildman–Crippen MR) is 121 cm³/mol. The van der Waals surface area contributed by atoms with E-state index < -0.39 is 24.0 Å². The summed E-state index contributed by atoms with van der Waals surface area (Å²) in [6, 6.07) is 10.8. The van der Waals surface area contributed by atoms with Crippen LogP contribution in [0.5, 0.6) is 0 Å². The molecular formula is C24H24N4O5. The molecule has 9 heteroatoms. The van der Waals surface area contributed by atoms with E-state index in [1.165, 1.54) is 4.90 Å². The van der Waals surface area contributed by atoms with Gasteiger partial charge in [-0.3, -0.25) is 19.4 Å². The van der Waals surface area contributed by atoms with Crippen molar-refractivity contribution in [2.75, 3.05) is 23.4 Å². The highest BCUT2D eigenvalue weighted by molar-refractivity contribution is 6.05. The van der Waals surface area contributed by atoms with E-state index >= 15 is 0 Å². The van der Waals surface area contributed by atoms with E-state index in [0.717, 1.165) is 22.3 Å². The number of ketones is 1. The van der Waals surface area contributed by atoms with Crippen molar-refractivity contribution >= 4 is 34.8 Å². The zero-order valence-electron chi connectivity index (χ0n) is 17.9. The van der Waals surface area contributed by atoms with Crippen LogP contribution < -0.4 is 16.0 Å². The maximum absolute atomic E-state index is 13.1. The van der Waals surface area contributed by atoms with E-state index in [-0.39, 0.29) is 12.4 Å². The summed E-state index contributed by atoms with van der Waals surface area (Å²) in [7, 11) is 0. The zero-order valence-corrected chi connectivity index (χ0v) is 17.9. The van der Waals surface area contributed by atoms with Crippen LogP contribution in [-0.2, 0) is 38.5 Å². The second kappa shape index (κ2) is 8.42. The van der Waals surface area contributed by atoms with Crippen molar-refractivity contribution in [2.45, 2.75) is 38.0 Å². The number of aliphatic hydroxyl groups excluding tert-OH is 1. The van der Waals surface area contributed by atoms with Crippen molar-refractivity contribution in [3.63, 3.8) is 0 Å². The second-order valence-electron chi connectivity index (χ2n) is 8.46. The van der Waals surface area contributed by atoms with E-state index in [1.54, 1.807) is 18.2 Å². The Hall–Kier alpha value is -3.56. The van der Waals surface area contributed by atoms with Crippen LogP contribution in [-0.4, -0.2) is 53.9 Å². The van der Waals surface area contributed by atoms with Crippen LogP contribution in [0.1, 0.15) is 28.7 Å². The summed E-state index contributed by atoms with van der Waals surface area (Å²) in [5.74, 6) is -0.603. The lowest BCUT2D eigenvalue weighted by molar-refractivity contribution is -0.150. The third kappa shape index (κ3) is 4.01. The number of anilines is 2. The summed E-state index contributed by atoms with van der Waals surface area (Å²) in [5.41, 5.74) is 10.6. The van der Waals surface area contributed by atoms with E-state index in [2.05, 4.69) is 10.3 Å². The van der Waals surface area contributed by atoms with Gasteiger partial charge < -0.3 is 25.8 Å². The van der Waals surface area contributed by atoms with Gasteiger partial charge in [0.25, 0.3) is 11.8 Å². The number of carbonyl (C=O) groups excluding carboxylic acids is 3. The summed E-state index contributed by atoms with van der Waals surface area (Å²) in [6.45, 7) is 0.897. The molecule has 1 aliphatic carbocycles. The van der Waals surface area contributed by atoms with Gasteiger partial charge in [-0.05, 0) is 53.4 Å². The molecule has 3 aliphatic rings. The minimum Gasteiger partial charge on any atom is -0.383 e. The predicted octanol–water partition coefficient (Wildman–Crippen LogP) is 0.695. The quantitative estimate of drug-likeness (QED) is 0.630. The Morgan fingerprint density at radius 3 is 2.85 bits per heavy atom. The second-order valence-corrected chi connectivity index (χ2v) is 8.46. The number of hydrogen-bond acceptors (Lipinski definition) is 7. The Bertz CT molecular complexity index is 1190. The van der Waals surface area contributed by atoms with Gasteiger partial charge in [0, 0.05) is 36.3 Å². The summed E-state index contributed by atoms with van der Waals surface area (Å²) in [5, 5.41) is 13.3. The average molecular weight is 448 g/mol. The summed E-state index contributed by atoms with van der Waals surface area (Å²) >= 11 is 0. The van der Waals surface area contributed by atoms with Crippen molar-refractivity contribution in [1.29, 1.82) is 0 Å². The van der Waals surface area contributed by atoms with Crippen molar-refractivity contribution in [2.24, 2.45) is 10.7 Å². The Morgan fingerprint density at radius 2 is 2.00 bits per heavy atom. The first-order chi connectivity index (χ1) is 15.9. The molecule has 170 valence electrons. The van der Waals surface area contributed by atoms with E-state index in [4.69, 9.17) is 10.5 Å². The first-order valence-electron chi connectivity index (χ1n) is 10.9. The first-order valence-corrected chi connectivity index (χ1v) is 10.9. The number of Topliss-reactive ketones (excluding diaryl/α,β-unsaturated/α-hetero) is 1. The molecule has 33 heavy (non-hydrogen) atoms. The average Bonchev–Trinajstić information content (AvgIpc) is 3.18. The number of benzene rings is 2. The van der Waals surface area contributed by atoms with Gasteiger partial charge in [-0.2, -0.15) is 0 Å². The van der Waals surface area contributed by atoms with Gasteiger partial charge in [-0.1, -0.05) is 6.07 Å². The molecule has 0 bridgehead atoms. The standard InChI is InChI=1S/C24H24N4O5/c25-22-19-6-3-16(9-15(19)12-26-22)27-23(31)20(30)21-24(32)28(7-8-33-21)17-4-1-13-2-5-18(29)11-14(13)10-17/h1,3-4,6,9-10,20-21,30H,2,5,7-8,11-12H2,(H2,25,26)(H,27,31)/t20-,21-/m1/s1. The SMILES string of the molecule is NC1=NCc2cc(NC(=O)[C@H](O)[C@H]3OCCN(c4ccc5c(c4)CC(=O)CC5)C3=O)ccc21. The highest BCUT2D eigenvalue weighted by Crippen LogP contribution is 2.27. The Balaban J connectivity index is 1.29. The maximum atomic E-state index is 13.1. The van der Waals surface area contributed by atoms with Crippen LogP contribution >= 0.6 is 0 Å².